The monoisotopic (exact) mass is 438 g/mol. The molecule has 0 aliphatic heterocycles. The summed E-state index contributed by atoms with van der Waals surface area (Å²) in [5, 5.41) is 8.04. The highest BCUT2D eigenvalue weighted by molar-refractivity contribution is 6.31. The predicted molar refractivity (Wildman–Crippen MR) is 128 cm³/mol. The molecule has 5 nitrogen and oxygen atoms in total. The van der Waals surface area contributed by atoms with Crippen LogP contribution in [-0.4, -0.2) is 20.5 Å². The van der Waals surface area contributed by atoms with E-state index >= 15 is 0 Å². The number of hydrogen-bond acceptors (Lipinski definition) is 3. The summed E-state index contributed by atoms with van der Waals surface area (Å²) in [5.74, 6) is -0.290. The van der Waals surface area contributed by atoms with E-state index in [1.165, 1.54) is 0 Å². The molecule has 2 aromatic heterocycles. The maximum Gasteiger partial charge on any atom is 0.261 e. The first-order valence-electron chi connectivity index (χ1n) is 10.2. The Bertz CT molecular complexity index is 1430. The fraction of sp³-hybridized carbons (Fsp3) is 0.0385. The second-order valence-electron chi connectivity index (χ2n) is 7.42. The molecule has 0 spiro atoms. The number of halogens is 1. The van der Waals surface area contributed by atoms with Crippen LogP contribution in [0.2, 0.25) is 5.02 Å². The van der Waals surface area contributed by atoms with Crippen LogP contribution in [0.5, 0.6) is 0 Å². The van der Waals surface area contributed by atoms with Crippen LogP contribution in [0.3, 0.4) is 0 Å². The summed E-state index contributed by atoms with van der Waals surface area (Å²) >= 11 is 6.21. The van der Waals surface area contributed by atoms with Crippen LogP contribution in [0, 0.1) is 6.92 Å². The van der Waals surface area contributed by atoms with Crippen molar-refractivity contribution in [3.63, 3.8) is 0 Å². The number of carbonyl (C=O) groups is 1. The van der Waals surface area contributed by atoms with E-state index in [1.807, 2.05) is 79.7 Å². The number of carbonyl (C=O) groups excluding carboxylic acids is 1. The smallest absolute Gasteiger partial charge is 0.261 e. The van der Waals surface area contributed by atoms with Gasteiger partial charge in [0.25, 0.3) is 5.91 Å². The Morgan fingerprint density at radius 3 is 2.31 bits per heavy atom. The Kier molecular flexibility index (Phi) is 5.17. The van der Waals surface area contributed by atoms with Gasteiger partial charge in [-0.2, -0.15) is 5.10 Å². The molecule has 5 aromatic rings. The van der Waals surface area contributed by atoms with Crippen LogP contribution >= 0.6 is 11.6 Å². The van der Waals surface area contributed by atoms with E-state index in [0.717, 1.165) is 28.1 Å². The summed E-state index contributed by atoms with van der Waals surface area (Å²) < 4.78 is 1.71. The highest BCUT2D eigenvalue weighted by atomic mass is 35.5. The summed E-state index contributed by atoms with van der Waals surface area (Å²) in [6.45, 7) is 1.87. The van der Waals surface area contributed by atoms with Gasteiger partial charge in [-0.15, -0.1) is 0 Å². The zero-order valence-electron chi connectivity index (χ0n) is 17.3. The molecule has 6 heteroatoms. The Morgan fingerprint density at radius 1 is 0.906 bits per heavy atom. The van der Waals surface area contributed by atoms with Gasteiger partial charge in [0.15, 0.2) is 5.65 Å². The third-order valence-corrected chi connectivity index (χ3v) is 5.78. The van der Waals surface area contributed by atoms with Gasteiger partial charge < -0.3 is 5.32 Å². The second-order valence-corrected chi connectivity index (χ2v) is 7.83. The van der Waals surface area contributed by atoms with Gasteiger partial charge in [0.2, 0.25) is 0 Å². The number of hydrogen-bond donors (Lipinski definition) is 1. The molecule has 5 rings (SSSR count). The minimum atomic E-state index is -0.290. The van der Waals surface area contributed by atoms with Gasteiger partial charge in [-0.05, 0) is 30.7 Å². The molecule has 0 bridgehead atoms. The lowest BCUT2D eigenvalue weighted by Gasteiger charge is -2.11. The number of rotatable bonds is 4. The van der Waals surface area contributed by atoms with Crippen molar-refractivity contribution in [2.75, 3.05) is 5.32 Å². The predicted octanol–water partition coefficient (Wildman–Crippen LogP) is 6.28. The van der Waals surface area contributed by atoms with Crippen molar-refractivity contribution in [2.45, 2.75) is 6.92 Å². The third-order valence-electron chi connectivity index (χ3n) is 5.37. The van der Waals surface area contributed by atoms with Crippen molar-refractivity contribution < 1.29 is 4.79 Å². The lowest BCUT2D eigenvalue weighted by atomic mass is 10.1. The third kappa shape index (κ3) is 3.63. The Hall–Kier alpha value is -3.96. The van der Waals surface area contributed by atoms with E-state index in [-0.39, 0.29) is 5.91 Å². The van der Waals surface area contributed by atoms with Gasteiger partial charge in [0.1, 0.15) is 5.56 Å². The van der Waals surface area contributed by atoms with Gasteiger partial charge in [0, 0.05) is 21.8 Å². The van der Waals surface area contributed by atoms with E-state index in [2.05, 4.69) is 10.4 Å². The van der Waals surface area contributed by atoms with E-state index < -0.39 is 0 Å². The molecule has 3 aromatic carbocycles. The lowest BCUT2D eigenvalue weighted by molar-refractivity contribution is 0.102. The molecule has 1 N–H and O–H groups in total. The summed E-state index contributed by atoms with van der Waals surface area (Å²) in [6, 6.07) is 27.3. The van der Waals surface area contributed by atoms with E-state index in [1.54, 1.807) is 22.8 Å². The average Bonchev–Trinajstić information content (AvgIpc) is 3.27. The number of nitrogens with zero attached hydrogens (tertiary/aromatic N) is 3. The van der Waals surface area contributed by atoms with Crippen LogP contribution in [0.4, 0.5) is 5.69 Å². The van der Waals surface area contributed by atoms with E-state index in [0.29, 0.717) is 21.9 Å². The summed E-state index contributed by atoms with van der Waals surface area (Å²) in [5.41, 5.74) is 5.91. The first-order valence-corrected chi connectivity index (χ1v) is 10.6. The highest BCUT2D eigenvalue weighted by Crippen LogP contribution is 2.28. The van der Waals surface area contributed by atoms with Crippen molar-refractivity contribution in [2.24, 2.45) is 0 Å². The molecule has 1 amide bonds. The molecule has 0 unspecified atom stereocenters. The molecule has 2 heterocycles. The van der Waals surface area contributed by atoms with Crippen molar-refractivity contribution >= 4 is 28.8 Å². The quantitative estimate of drug-likeness (QED) is 0.359. The lowest BCUT2D eigenvalue weighted by Crippen LogP contribution is -2.13. The maximum atomic E-state index is 13.2. The molecule has 156 valence electrons. The minimum absolute atomic E-state index is 0.290. The Balaban J connectivity index is 1.66. The average molecular weight is 439 g/mol. The summed E-state index contributed by atoms with van der Waals surface area (Å²) in [7, 11) is 0. The van der Waals surface area contributed by atoms with Crippen LogP contribution < -0.4 is 5.32 Å². The highest BCUT2D eigenvalue weighted by Gasteiger charge is 2.19. The van der Waals surface area contributed by atoms with Crippen LogP contribution in [-0.2, 0) is 0 Å². The van der Waals surface area contributed by atoms with Crippen LogP contribution in [0.15, 0.2) is 91.1 Å². The zero-order chi connectivity index (χ0) is 22.1. The Morgan fingerprint density at radius 2 is 1.59 bits per heavy atom. The van der Waals surface area contributed by atoms with Crippen molar-refractivity contribution in [3.05, 3.63) is 107 Å². The van der Waals surface area contributed by atoms with Crippen LogP contribution in [0.1, 0.15) is 15.9 Å². The first kappa shape index (κ1) is 20.0. The SMILES string of the molecule is Cc1c(Cl)cccc1NC(=O)c1cnn2c(-c3ccccc3)cc(-c3ccccc3)nc12. The van der Waals surface area contributed by atoms with Gasteiger partial charge >= 0.3 is 0 Å². The maximum absolute atomic E-state index is 13.2. The number of nitrogens with one attached hydrogen (secondary N) is 1. The van der Waals surface area contributed by atoms with Crippen molar-refractivity contribution in [1.82, 2.24) is 14.6 Å². The number of aromatic nitrogens is 3. The number of anilines is 1. The fourth-order valence-corrected chi connectivity index (χ4v) is 3.80. The molecule has 0 saturated heterocycles. The molecule has 0 fully saturated rings. The van der Waals surface area contributed by atoms with E-state index in [9.17, 15) is 4.79 Å². The van der Waals surface area contributed by atoms with Crippen molar-refractivity contribution in [1.29, 1.82) is 0 Å². The Labute approximate surface area is 190 Å². The molecule has 0 aliphatic rings. The van der Waals surface area contributed by atoms with Gasteiger partial charge in [-0.25, -0.2) is 9.50 Å². The second kappa shape index (κ2) is 8.29. The first-order chi connectivity index (χ1) is 15.6. The molecule has 0 atom stereocenters. The van der Waals surface area contributed by atoms with Gasteiger partial charge in [0.05, 0.1) is 17.6 Å². The largest absolute Gasteiger partial charge is 0.322 e. The normalized spacial score (nSPS) is 10.9. The number of benzene rings is 3. The van der Waals surface area contributed by atoms with Gasteiger partial charge in [-0.3, -0.25) is 4.79 Å². The van der Waals surface area contributed by atoms with E-state index in [4.69, 9.17) is 16.6 Å². The van der Waals surface area contributed by atoms with Crippen molar-refractivity contribution in [3.8, 4) is 22.5 Å². The summed E-state index contributed by atoms with van der Waals surface area (Å²) in [4.78, 5) is 18.0. The zero-order valence-corrected chi connectivity index (χ0v) is 18.0. The number of amides is 1. The fourth-order valence-electron chi connectivity index (χ4n) is 3.63. The number of fused-ring (bicyclic) bond motifs is 1. The topological polar surface area (TPSA) is 59.3 Å². The molecule has 0 radical (unpaired) electrons. The molecular weight excluding hydrogens is 420 g/mol. The molecular formula is C26H19ClN4O. The standard InChI is InChI=1S/C26H19ClN4O/c1-17-21(27)13-8-14-22(17)30-26(32)20-16-28-31-24(19-11-6-3-7-12-19)15-23(29-25(20)31)18-9-4-2-5-10-18/h2-16H,1H3,(H,30,32). The van der Waals surface area contributed by atoms with Crippen LogP contribution in [0.25, 0.3) is 28.2 Å². The molecule has 0 saturated carbocycles. The molecule has 32 heavy (non-hydrogen) atoms. The molecule has 0 aliphatic carbocycles. The van der Waals surface area contributed by atoms with Gasteiger partial charge in [-0.1, -0.05) is 78.3 Å². The minimum Gasteiger partial charge on any atom is -0.322 e. The summed E-state index contributed by atoms with van der Waals surface area (Å²) in [6.07, 6.45) is 1.55.